The van der Waals surface area contributed by atoms with E-state index in [1.54, 1.807) is 0 Å². The fourth-order valence-corrected chi connectivity index (χ4v) is 0.706. The van der Waals surface area contributed by atoms with Crippen molar-refractivity contribution in [2.45, 2.75) is 6.42 Å². The van der Waals surface area contributed by atoms with E-state index in [1.807, 2.05) is 0 Å². The van der Waals surface area contributed by atoms with Gasteiger partial charge in [0.2, 0.25) is 0 Å². The summed E-state index contributed by atoms with van der Waals surface area (Å²) >= 11 is 0. The van der Waals surface area contributed by atoms with Crippen LogP contribution in [0.15, 0.2) is 0 Å². The molecule has 2 heteroatoms. The molecule has 1 unspecified atom stereocenters. The molecule has 1 aliphatic heterocycles. The first-order chi connectivity index (χ1) is 2.39. The predicted molar refractivity (Wildman–Crippen MR) is 25.9 cm³/mol. The van der Waals surface area contributed by atoms with E-state index in [1.165, 1.54) is 19.5 Å². The van der Waals surface area contributed by atoms with Crippen LogP contribution >= 0.6 is 9.39 Å². The molecule has 0 spiro atoms. The molecule has 1 rings (SSSR count). The second kappa shape index (κ2) is 1.24. The van der Waals surface area contributed by atoms with Crippen LogP contribution in [0.4, 0.5) is 0 Å². The van der Waals surface area contributed by atoms with E-state index in [4.69, 9.17) is 0 Å². The van der Waals surface area contributed by atoms with Crippen LogP contribution in [0.1, 0.15) is 6.42 Å². The standard InChI is InChI=1S/C3H8NP/c5-4-2-1-3-4/h1-3,5H2. The van der Waals surface area contributed by atoms with Crippen molar-refractivity contribution in [2.24, 2.45) is 0 Å². The van der Waals surface area contributed by atoms with Crippen molar-refractivity contribution in [1.82, 2.24) is 4.67 Å². The molecule has 0 bridgehead atoms. The number of nitrogens with zero attached hydrogens (tertiary/aromatic N) is 1. The van der Waals surface area contributed by atoms with Crippen LogP contribution in [-0.2, 0) is 0 Å². The van der Waals surface area contributed by atoms with E-state index >= 15 is 0 Å². The van der Waals surface area contributed by atoms with Crippen LogP contribution in [-0.4, -0.2) is 17.8 Å². The summed E-state index contributed by atoms with van der Waals surface area (Å²) in [6.45, 7) is 2.56. The molecule has 1 atom stereocenters. The molecular weight excluding hydrogens is 81.0 g/mol. The first-order valence-corrected chi connectivity index (χ1v) is 2.41. The molecule has 5 heavy (non-hydrogen) atoms. The van der Waals surface area contributed by atoms with Crippen LogP contribution in [0.5, 0.6) is 0 Å². The Balaban J connectivity index is 2.08. The molecule has 30 valence electrons. The molecule has 1 saturated heterocycles. The molecule has 0 aliphatic carbocycles. The first-order valence-electron chi connectivity index (χ1n) is 1.89. The lowest BCUT2D eigenvalue weighted by atomic mass is 10.3. The van der Waals surface area contributed by atoms with Crippen molar-refractivity contribution in [2.75, 3.05) is 13.1 Å². The summed E-state index contributed by atoms with van der Waals surface area (Å²) in [7, 11) is 2.65. The Kier molecular flexibility index (Phi) is 0.884. The van der Waals surface area contributed by atoms with Crippen molar-refractivity contribution < 1.29 is 0 Å². The highest BCUT2D eigenvalue weighted by molar-refractivity contribution is 7.13. The Morgan fingerprint density at radius 3 is 1.80 bits per heavy atom. The van der Waals surface area contributed by atoms with Gasteiger partial charge in [-0.15, -0.1) is 0 Å². The van der Waals surface area contributed by atoms with Gasteiger partial charge in [0.1, 0.15) is 0 Å². The highest BCUT2D eigenvalue weighted by Gasteiger charge is 2.05. The number of rotatable bonds is 0. The van der Waals surface area contributed by atoms with Crippen molar-refractivity contribution >= 4 is 9.39 Å². The summed E-state index contributed by atoms with van der Waals surface area (Å²) in [6.07, 6.45) is 1.39. The smallest absolute Gasteiger partial charge is 0.00285 e. The topological polar surface area (TPSA) is 3.24 Å². The molecule has 0 saturated carbocycles. The maximum atomic E-state index is 2.65. The Hall–Kier alpha value is 0.390. The van der Waals surface area contributed by atoms with E-state index in [0.717, 1.165) is 0 Å². The molecule has 1 heterocycles. The second-order valence-electron chi connectivity index (χ2n) is 1.39. The SMILES string of the molecule is PN1CCC1. The minimum Gasteiger partial charge on any atom is -0.287 e. The predicted octanol–water partition coefficient (Wildman–Crippen LogP) is 0.482. The lowest BCUT2D eigenvalue weighted by Gasteiger charge is -2.24. The van der Waals surface area contributed by atoms with Gasteiger partial charge in [-0.05, 0) is 6.42 Å². The van der Waals surface area contributed by atoms with Gasteiger partial charge in [0, 0.05) is 13.1 Å². The van der Waals surface area contributed by atoms with Crippen LogP contribution in [0.25, 0.3) is 0 Å². The molecule has 0 radical (unpaired) electrons. The zero-order valence-electron chi connectivity index (χ0n) is 3.15. The van der Waals surface area contributed by atoms with Crippen molar-refractivity contribution in [3.63, 3.8) is 0 Å². The average Bonchev–Trinajstić information content (AvgIpc) is 1.30. The van der Waals surface area contributed by atoms with Gasteiger partial charge in [-0.2, -0.15) is 0 Å². The van der Waals surface area contributed by atoms with Crippen molar-refractivity contribution in [1.29, 1.82) is 0 Å². The van der Waals surface area contributed by atoms with Crippen LogP contribution in [0, 0.1) is 0 Å². The highest BCUT2D eigenvalue weighted by atomic mass is 31.0. The van der Waals surface area contributed by atoms with Gasteiger partial charge in [-0.25, -0.2) is 0 Å². The summed E-state index contributed by atoms with van der Waals surface area (Å²) in [5, 5.41) is 0. The minimum atomic E-state index is 1.28. The highest BCUT2D eigenvalue weighted by Crippen LogP contribution is 2.09. The Bertz CT molecular complexity index is 33.9. The van der Waals surface area contributed by atoms with Crippen LogP contribution < -0.4 is 0 Å². The third-order valence-electron chi connectivity index (χ3n) is 0.891. The van der Waals surface area contributed by atoms with E-state index in [-0.39, 0.29) is 0 Å². The molecule has 0 aromatic carbocycles. The molecule has 1 aliphatic rings. The summed E-state index contributed by atoms with van der Waals surface area (Å²) in [4.78, 5) is 0. The molecule has 0 aromatic rings. The van der Waals surface area contributed by atoms with Crippen molar-refractivity contribution in [3.8, 4) is 0 Å². The van der Waals surface area contributed by atoms with Crippen LogP contribution in [0.3, 0.4) is 0 Å². The van der Waals surface area contributed by atoms with Gasteiger partial charge in [-0.1, -0.05) is 9.39 Å². The largest absolute Gasteiger partial charge is 0.287 e. The molecule has 1 nitrogen and oxygen atoms in total. The molecule has 0 amide bonds. The molecule has 0 N–H and O–H groups in total. The van der Waals surface area contributed by atoms with E-state index in [0.29, 0.717) is 0 Å². The zero-order valence-corrected chi connectivity index (χ0v) is 4.30. The van der Waals surface area contributed by atoms with Gasteiger partial charge in [0.25, 0.3) is 0 Å². The Morgan fingerprint density at radius 2 is 1.80 bits per heavy atom. The van der Waals surface area contributed by atoms with Gasteiger partial charge < -0.3 is 0 Å². The molecular formula is C3H8NP. The Morgan fingerprint density at radius 1 is 1.40 bits per heavy atom. The van der Waals surface area contributed by atoms with Crippen molar-refractivity contribution in [3.05, 3.63) is 0 Å². The normalized spacial score (nSPS) is 25.8. The Labute approximate surface area is 34.6 Å². The summed E-state index contributed by atoms with van der Waals surface area (Å²) < 4.78 is 2.22. The average molecular weight is 89.1 g/mol. The fourth-order valence-electron chi connectivity index (χ4n) is 0.341. The number of hydrogen-bond acceptors (Lipinski definition) is 1. The quantitative estimate of drug-likeness (QED) is 0.390. The molecule has 1 fully saturated rings. The lowest BCUT2D eigenvalue weighted by molar-refractivity contribution is 0.342. The maximum Gasteiger partial charge on any atom is 0.00285 e. The van der Waals surface area contributed by atoms with Gasteiger partial charge in [0.15, 0.2) is 0 Å². The maximum absolute atomic E-state index is 2.65. The second-order valence-corrected chi connectivity index (χ2v) is 2.12. The molecule has 0 aromatic heterocycles. The summed E-state index contributed by atoms with van der Waals surface area (Å²) in [5.41, 5.74) is 0. The lowest BCUT2D eigenvalue weighted by Crippen LogP contribution is -2.26. The number of hydrogen-bond donors (Lipinski definition) is 0. The third kappa shape index (κ3) is 0.614. The first kappa shape index (κ1) is 3.58. The van der Waals surface area contributed by atoms with Gasteiger partial charge >= 0.3 is 0 Å². The van der Waals surface area contributed by atoms with E-state index in [2.05, 4.69) is 14.1 Å². The van der Waals surface area contributed by atoms with E-state index in [9.17, 15) is 0 Å². The third-order valence-corrected chi connectivity index (χ3v) is 1.41. The van der Waals surface area contributed by atoms with E-state index < -0.39 is 0 Å². The monoisotopic (exact) mass is 89.0 g/mol. The fraction of sp³-hybridized carbons (Fsp3) is 1.00. The minimum absolute atomic E-state index is 1.28. The van der Waals surface area contributed by atoms with Gasteiger partial charge in [-0.3, -0.25) is 4.67 Å². The van der Waals surface area contributed by atoms with Crippen LogP contribution in [0.2, 0.25) is 0 Å². The summed E-state index contributed by atoms with van der Waals surface area (Å²) in [6, 6.07) is 0. The van der Waals surface area contributed by atoms with Gasteiger partial charge in [0.05, 0.1) is 0 Å². The zero-order chi connectivity index (χ0) is 3.70. The summed E-state index contributed by atoms with van der Waals surface area (Å²) in [5.74, 6) is 0.